The number of ether oxygens (including phenoxy) is 2. The average Bonchev–Trinajstić information content (AvgIpc) is 2.80. The molecule has 1 amide bonds. The smallest absolute Gasteiger partial charge is 0.261 e. The third-order valence-corrected chi connectivity index (χ3v) is 6.42. The van der Waals surface area contributed by atoms with Gasteiger partial charge in [-0.05, 0) is 67.4 Å². The predicted molar refractivity (Wildman–Crippen MR) is 124 cm³/mol. The zero-order valence-corrected chi connectivity index (χ0v) is 19.2. The first-order chi connectivity index (χ1) is 15.2. The molecular weight excluding hydrogens is 428 g/mol. The number of aryl methyl sites for hydroxylation is 1. The summed E-state index contributed by atoms with van der Waals surface area (Å²) in [5.74, 6) is 0.920. The Hall–Kier alpha value is -3.52. The monoisotopic (exact) mass is 454 g/mol. The molecule has 0 spiro atoms. The standard InChI is InChI=1S/C24H26N2O5S/c1-16-14-19(10-12-21(16)26-32(28,29)20-8-6-5-7-9-20)24(27)25-17(2)18-11-13-22(30-3)23(15-18)31-4/h5-15,17,26H,1-4H3,(H,25,27)/t17-/m1/s1. The van der Waals surface area contributed by atoms with Crippen molar-refractivity contribution >= 4 is 21.6 Å². The van der Waals surface area contributed by atoms with Crippen molar-refractivity contribution in [1.29, 1.82) is 0 Å². The minimum atomic E-state index is -3.71. The van der Waals surface area contributed by atoms with Crippen LogP contribution >= 0.6 is 0 Å². The Morgan fingerprint density at radius 1 is 0.906 bits per heavy atom. The molecule has 32 heavy (non-hydrogen) atoms. The Bertz CT molecular complexity index is 1210. The molecule has 168 valence electrons. The van der Waals surface area contributed by atoms with Crippen LogP contribution in [0.2, 0.25) is 0 Å². The van der Waals surface area contributed by atoms with Gasteiger partial charge in [0.15, 0.2) is 11.5 Å². The second-order valence-corrected chi connectivity index (χ2v) is 8.94. The van der Waals surface area contributed by atoms with E-state index in [4.69, 9.17) is 9.47 Å². The molecular formula is C24H26N2O5S. The fourth-order valence-electron chi connectivity index (χ4n) is 3.21. The Morgan fingerprint density at radius 2 is 1.59 bits per heavy atom. The van der Waals surface area contributed by atoms with E-state index in [2.05, 4.69) is 10.0 Å². The summed E-state index contributed by atoms with van der Waals surface area (Å²) in [6.45, 7) is 3.62. The zero-order chi connectivity index (χ0) is 23.3. The van der Waals surface area contributed by atoms with Crippen molar-refractivity contribution in [1.82, 2.24) is 5.32 Å². The second-order valence-electron chi connectivity index (χ2n) is 7.26. The van der Waals surface area contributed by atoms with E-state index < -0.39 is 10.0 Å². The van der Waals surface area contributed by atoms with E-state index in [-0.39, 0.29) is 16.8 Å². The first-order valence-electron chi connectivity index (χ1n) is 9.96. The molecule has 1 atom stereocenters. The van der Waals surface area contributed by atoms with Crippen LogP contribution in [0, 0.1) is 6.92 Å². The third-order valence-electron chi connectivity index (χ3n) is 5.04. The first-order valence-corrected chi connectivity index (χ1v) is 11.4. The van der Waals surface area contributed by atoms with Crippen LogP contribution in [-0.2, 0) is 10.0 Å². The number of anilines is 1. The average molecular weight is 455 g/mol. The van der Waals surface area contributed by atoms with Crippen molar-refractivity contribution in [2.75, 3.05) is 18.9 Å². The van der Waals surface area contributed by atoms with Gasteiger partial charge < -0.3 is 14.8 Å². The lowest BCUT2D eigenvalue weighted by Gasteiger charge is -2.17. The highest BCUT2D eigenvalue weighted by Crippen LogP contribution is 2.30. The Kier molecular flexibility index (Phi) is 7.05. The summed E-state index contributed by atoms with van der Waals surface area (Å²) in [4.78, 5) is 12.9. The number of rotatable bonds is 8. The summed E-state index contributed by atoms with van der Waals surface area (Å²) in [7, 11) is -0.588. The third kappa shape index (κ3) is 5.20. The summed E-state index contributed by atoms with van der Waals surface area (Å²) in [5, 5.41) is 2.95. The number of carbonyl (C=O) groups is 1. The van der Waals surface area contributed by atoms with E-state index in [0.29, 0.717) is 28.3 Å². The minimum absolute atomic E-state index is 0.171. The van der Waals surface area contributed by atoms with Gasteiger partial charge in [0.05, 0.1) is 30.8 Å². The fourth-order valence-corrected chi connectivity index (χ4v) is 4.36. The van der Waals surface area contributed by atoms with E-state index in [0.717, 1.165) is 5.56 Å². The predicted octanol–water partition coefficient (Wildman–Crippen LogP) is 4.30. The quantitative estimate of drug-likeness (QED) is 0.529. The lowest BCUT2D eigenvalue weighted by Crippen LogP contribution is -2.26. The van der Waals surface area contributed by atoms with Crippen molar-refractivity contribution in [3.05, 3.63) is 83.4 Å². The SMILES string of the molecule is COc1ccc([C@@H](C)NC(=O)c2ccc(NS(=O)(=O)c3ccccc3)c(C)c2)cc1OC. The largest absolute Gasteiger partial charge is 0.493 e. The van der Waals surface area contributed by atoms with Gasteiger partial charge >= 0.3 is 0 Å². The summed E-state index contributed by atoms with van der Waals surface area (Å²) in [6.07, 6.45) is 0. The van der Waals surface area contributed by atoms with Gasteiger partial charge in [-0.2, -0.15) is 0 Å². The second kappa shape index (κ2) is 9.74. The molecule has 0 heterocycles. The molecule has 3 aromatic rings. The van der Waals surface area contributed by atoms with Crippen LogP contribution < -0.4 is 19.5 Å². The van der Waals surface area contributed by atoms with E-state index in [9.17, 15) is 13.2 Å². The van der Waals surface area contributed by atoms with Gasteiger partial charge in [-0.3, -0.25) is 9.52 Å². The molecule has 8 heteroatoms. The Balaban J connectivity index is 1.74. The fraction of sp³-hybridized carbons (Fsp3) is 0.208. The van der Waals surface area contributed by atoms with Crippen molar-refractivity contribution in [2.45, 2.75) is 24.8 Å². The van der Waals surface area contributed by atoms with E-state index >= 15 is 0 Å². The molecule has 0 unspecified atom stereocenters. The van der Waals surface area contributed by atoms with Gasteiger partial charge in [0.25, 0.3) is 15.9 Å². The van der Waals surface area contributed by atoms with E-state index in [1.165, 1.54) is 12.1 Å². The van der Waals surface area contributed by atoms with Crippen molar-refractivity contribution in [2.24, 2.45) is 0 Å². The van der Waals surface area contributed by atoms with Crippen LogP contribution in [0.4, 0.5) is 5.69 Å². The number of nitrogens with one attached hydrogen (secondary N) is 2. The van der Waals surface area contributed by atoms with Gasteiger partial charge in [-0.25, -0.2) is 8.42 Å². The van der Waals surface area contributed by atoms with Crippen molar-refractivity contribution < 1.29 is 22.7 Å². The molecule has 0 aliphatic rings. The number of carbonyl (C=O) groups excluding carboxylic acids is 1. The minimum Gasteiger partial charge on any atom is -0.493 e. The maximum atomic E-state index is 12.8. The van der Waals surface area contributed by atoms with Gasteiger partial charge in [0.1, 0.15) is 0 Å². The van der Waals surface area contributed by atoms with Gasteiger partial charge in [-0.15, -0.1) is 0 Å². The van der Waals surface area contributed by atoms with Crippen LogP contribution in [0.25, 0.3) is 0 Å². The highest BCUT2D eigenvalue weighted by Gasteiger charge is 2.17. The van der Waals surface area contributed by atoms with Crippen LogP contribution in [-0.4, -0.2) is 28.5 Å². The number of sulfonamides is 1. The van der Waals surface area contributed by atoms with Crippen molar-refractivity contribution in [3.63, 3.8) is 0 Å². The summed E-state index contributed by atoms with van der Waals surface area (Å²) < 4.78 is 38.3. The maximum Gasteiger partial charge on any atom is 0.261 e. The van der Waals surface area contributed by atoms with Gasteiger partial charge in [0.2, 0.25) is 0 Å². The lowest BCUT2D eigenvalue weighted by molar-refractivity contribution is 0.0939. The topological polar surface area (TPSA) is 93.7 Å². The molecule has 0 aliphatic heterocycles. The van der Waals surface area contributed by atoms with Crippen molar-refractivity contribution in [3.8, 4) is 11.5 Å². The van der Waals surface area contributed by atoms with Crippen LogP contribution in [0.15, 0.2) is 71.6 Å². The molecule has 0 saturated heterocycles. The van der Waals surface area contributed by atoms with Gasteiger partial charge in [-0.1, -0.05) is 24.3 Å². The summed E-state index contributed by atoms with van der Waals surface area (Å²) in [6, 6.07) is 18.1. The molecule has 0 aliphatic carbocycles. The number of benzene rings is 3. The van der Waals surface area contributed by atoms with Crippen LogP contribution in [0.1, 0.15) is 34.5 Å². The lowest BCUT2D eigenvalue weighted by atomic mass is 10.1. The van der Waals surface area contributed by atoms with Crippen LogP contribution in [0.5, 0.6) is 11.5 Å². The first kappa shape index (κ1) is 23.1. The summed E-state index contributed by atoms with van der Waals surface area (Å²) in [5.41, 5.74) is 2.34. The molecule has 2 N–H and O–H groups in total. The molecule has 0 fully saturated rings. The molecule has 3 aromatic carbocycles. The van der Waals surface area contributed by atoms with E-state index in [1.54, 1.807) is 63.6 Å². The summed E-state index contributed by atoms with van der Waals surface area (Å²) >= 11 is 0. The van der Waals surface area contributed by atoms with Gasteiger partial charge in [0, 0.05) is 5.56 Å². The normalized spacial score (nSPS) is 12.0. The molecule has 0 radical (unpaired) electrons. The molecule has 0 aromatic heterocycles. The molecule has 0 bridgehead atoms. The highest BCUT2D eigenvalue weighted by molar-refractivity contribution is 7.92. The van der Waals surface area contributed by atoms with E-state index in [1.807, 2.05) is 19.1 Å². The highest BCUT2D eigenvalue weighted by atomic mass is 32.2. The Morgan fingerprint density at radius 3 is 2.22 bits per heavy atom. The van der Waals surface area contributed by atoms with Crippen LogP contribution in [0.3, 0.4) is 0 Å². The zero-order valence-electron chi connectivity index (χ0n) is 18.4. The maximum absolute atomic E-state index is 12.8. The number of hydrogen-bond acceptors (Lipinski definition) is 5. The number of amides is 1. The molecule has 0 saturated carbocycles. The Labute approximate surface area is 188 Å². The number of methoxy groups -OCH3 is 2. The number of hydrogen-bond donors (Lipinski definition) is 2. The molecule has 7 nitrogen and oxygen atoms in total. The molecule has 3 rings (SSSR count).